The third kappa shape index (κ3) is 1.73. The molecular weight excluding hydrogens is 228 g/mol. The van der Waals surface area contributed by atoms with Gasteiger partial charge in [-0.05, 0) is 53.7 Å². The molecule has 0 radical (unpaired) electrons. The lowest BCUT2D eigenvalue weighted by Gasteiger charge is -1.95. The Labute approximate surface area is 103 Å². The van der Waals surface area contributed by atoms with Crippen LogP contribution < -0.4 is 5.73 Å². The molecule has 0 bridgehead atoms. The Kier molecular flexibility index (Phi) is 2.34. The molecule has 1 heterocycles. The molecule has 3 aromatic rings. The Hall–Kier alpha value is -2.62. The van der Waals surface area contributed by atoms with Crippen LogP contribution >= 0.6 is 0 Å². The highest BCUT2D eigenvalue weighted by molar-refractivity contribution is 5.85. The van der Waals surface area contributed by atoms with Crippen LogP contribution in [0.3, 0.4) is 0 Å². The molecule has 2 aromatic carbocycles. The summed E-state index contributed by atoms with van der Waals surface area (Å²) in [5.74, 6) is 0.744. The highest BCUT2D eigenvalue weighted by Gasteiger charge is 2.06. The van der Waals surface area contributed by atoms with E-state index < -0.39 is 0 Å². The molecule has 0 saturated carbocycles. The lowest BCUT2D eigenvalue weighted by molar-refractivity contribution is 0.631. The second-order valence-electron chi connectivity index (χ2n) is 4.05. The van der Waals surface area contributed by atoms with Crippen LogP contribution in [0, 0.1) is 4.91 Å². The van der Waals surface area contributed by atoms with Crippen molar-refractivity contribution in [1.82, 2.24) is 0 Å². The Morgan fingerprint density at radius 2 is 1.78 bits per heavy atom. The minimum Gasteiger partial charge on any atom is -0.456 e. The second-order valence-corrected chi connectivity index (χ2v) is 4.05. The van der Waals surface area contributed by atoms with Gasteiger partial charge in [-0.3, -0.25) is 0 Å². The lowest BCUT2D eigenvalue weighted by Crippen LogP contribution is -1.80. The Balaban J connectivity index is 2.10. The fraction of sp³-hybridized carbons (Fsp3) is 0. The van der Waals surface area contributed by atoms with E-state index in [-0.39, 0.29) is 0 Å². The van der Waals surface area contributed by atoms with Crippen LogP contribution in [0.4, 0.5) is 11.4 Å². The summed E-state index contributed by atoms with van der Waals surface area (Å²) < 4.78 is 5.72. The highest BCUT2D eigenvalue weighted by atomic mass is 16.3. The number of fused-ring (bicyclic) bond motifs is 1. The van der Waals surface area contributed by atoms with Crippen molar-refractivity contribution in [2.45, 2.75) is 0 Å². The van der Waals surface area contributed by atoms with E-state index in [1.54, 1.807) is 30.3 Å². The maximum absolute atomic E-state index is 10.3. The molecular formula is C14H10N2O2. The third-order valence-corrected chi connectivity index (χ3v) is 2.80. The smallest absolute Gasteiger partial charge is 0.135 e. The number of benzene rings is 2. The van der Waals surface area contributed by atoms with E-state index in [1.807, 2.05) is 18.2 Å². The summed E-state index contributed by atoms with van der Waals surface area (Å²) >= 11 is 0. The van der Waals surface area contributed by atoms with Gasteiger partial charge in [0.1, 0.15) is 17.0 Å². The molecule has 0 unspecified atom stereocenters. The summed E-state index contributed by atoms with van der Waals surface area (Å²) in [6, 6.07) is 14.4. The Morgan fingerprint density at radius 3 is 2.50 bits per heavy atom. The Bertz CT molecular complexity index is 714. The van der Waals surface area contributed by atoms with E-state index in [9.17, 15) is 4.91 Å². The van der Waals surface area contributed by atoms with E-state index in [1.165, 1.54) is 0 Å². The average Bonchev–Trinajstić information content (AvgIpc) is 2.81. The first-order chi connectivity index (χ1) is 8.76. The molecule has 0 aliphatic carbocycles. The first kappa shape index (κ1) is 10.5. The molecule has 0 saturated heterocycles. The van der Waals surface area contributed by atoms with Gasteiger partial charge in [-0.1, -0.05) is 0 Å². The minimum absolute atomic E-state index is 0.402. The van der Waals surface area contributed by atoms with E-state index in [0.29, 0.717) is 11.4 Å². The molecule has 88 valence electrons. The van der Waals surface area contributed by atoms with Crippen molar-refractivity contribution in [2.24, 2.45) is 5.18 Å². The maximum atomic E-state index is 10.3. The zero-order chi connectivity index (χ0) is 12.5. The predicted octanol–water partition coefficient (Wildman–Crippen LogP) is 4.08. The molecule has 0 atom stereocenters. The number of hydrogen-bond acceptors (Lipinski definition) is 4. The van der Waals surface area contributed by atoms with Gasteiger partial charge in [0.15, 0.2) is 0 Å². The maximum Gasteiger partial charge on any atom is 0.135 e. The number of nitrogens with zero attached hydrogens (tertiary/aromatic N) is 1. The van der Waals surface area contributed by atoms with E-state index in [0.717, 1.165) is 22.3 Å². The minimum atomic E-state index is 0.402. The summed E-state index contributed by atoms with van der Waals surface area (Å²) in [5.41, 5.74) is 8.52. The zero-order valence-electron chi connectivity index (χ0n) is 9.46. The number of rotatable bonds is 2. The van der Waals surface area contributed by atoms with Crippen LogP contribution in [0.2, 0.25) is 0 Å². The first-order valence-electron chi connectivity index (χ1n) is 5.49. The molecule has 0 aliphatic rings. The molecule has 2 N–H and O–H groups in total. The largest absolute Gasteiger partial charge is 0.456 e. The monoisotopic (exact) mass is 238 g/mol. The van der Waals surface area contributed by atoms with Gasteiger partial charge in [-0.25, -0.2) is 0 Å². The van der Waals surface area contributed by atoms with Gasteiger partial charge in [0.2, 0.25) is 0 Å². The molecule has 4 nitrogen and oxygen atoms in total. The Morgan fingerprint density at radius 1 is 1.00 bits per heavy atom. The average molecular weight is 238 g/mol. The van der Waals surface area contributed by atoms with E-state index >= 15 is 0 Å². The fourth-order valence-corrected chi connectivity index (χ4v) is 1.89. The van der Waals surface area contributed by atoms with Crippen molar-refractivity contribution in [2.75, 3.05) is 5.73 Å². The van der Waals surface area contributed by atoms with Gasteiger partial charge in [-0.2, -0.15) is 0 Å². The van der Waals surface area contributed by atoms with E-state index in [2.05, 4.69) is 5.18 Å². The quantitative estimate of drug-likeness (QED) is 0.540. The summed E-state index contributed by atoms with van der Waals surface area (Å²) in [7, 11) is 0. The number of nitrogen functional groups attached to an aromatic ring is 1. The number of hydrogen-bond donors (Lipinski definition) is 1. The van der Waals surface area contributed by atoms with Gasteiger partial charge in [0.25, 0.3) is 0 Å². The summed E-state index contributed by atoms with van der Waals surface area (Å²) in [6.45, 7) is 0. The topological polar surface area (TPSA) is 68.6 Å². The molecule has 0 amide bonds. The van der Waals surface area contributed by atoms with Crippen molar-refractivity contribution in [3.63, 3.8) is 0 Å². The standard InChI is InChI=1S/C14H10N2O2/c15-11-3-6-13-10(7-11)8-14(18-13)9-1-4-12(16-17)5-2-9/h1-8H,15H2. The molecule has 0 spiro atoms. The molecule has 3 rings (SSSR count). The van der Waals surface area contributed by atoms with Crippen LogP contribution in [0.25, 0.3) is 22.3 Å². The first-order valence-corrected chi connectivity index (χ1v) is 5.49. The predicted molar refractivity (Wildman–Crippen MR) is 71.5 cm³/mol. The number of nitroso groups, excluding NO2 is 1. The van der Waals surface area contributed by atoms with Crippen LogP contribution in [0.1, 0.15) is 0 Å². The molecule has 18 heavy (non-hydrogen) atoms. The van der Waals surface area contributed by atoms with Gasteiger partial charge >= 0.3 is 0 Å². The van der Waals surface area contributed by atoms with Gasteiger partial charge in [0, 0.05) is 16.6 Å². The third-order valence-electron chi connectivity index (χ3n) is 2.80. The highest BCUT2D eigenvalue weighted by Crippen LogP contribution is 2.29. The summed E-state index contributed by atoms with van der Waals surface area (Å²) in [6.07, 6.45) is 0. The molecule has 0 fully saturated rings. The van der Waals surface area contributed by atoms with Crippen molar-refractivity contribution in [3.05, 3.63) is 53.4 Å². The van der Waals surface area contributed by atoms with Crippen LogP contribution in [0.5, 0.6) is 0 Å². The number of furan rings is 1. The van der Waals surface area contributed by atoms with E-state index in [4.69, 9.17) is 10.2 Å². The fourth-order valence-electron chi connectivity index (χ4n) is 1.89. The van der Waals surface area contributed by atoms with Crippen molar-refractivity contribution >= 4 is 22.3 Å². The van der Waals surface area contributed by atoms with Crippen LogP contribution in [0.15, 0.2) is 58.1 Å². The van der Waals surface area contributed by atoms with Gasteiger partial charge < -0.3 is 10.2 Å². The van der Waals surface area contributed by atoms with Gasteiger partial charge in [-0.15, -0.1) is 4.91 Å². The second kappa shape index (κ2) is 4.00. The molecule has 1 aromatic heterocycles. The number of nitrogens with two attached hydrogens (primary N) is 1. The van der Waals surface area contributed by atoms with Crippen molar-refractivity contribution in [1.29, 1.82) is 0 Å². The van der Waals surface area contributed by atoms with Crippen molar-refractivity contribution in [3.8, 4) is 11.3 Å². The molecule has 4 heteroatoms. The number of anilines is 1. The summed E-state index contributed by atoms with van der Waals surface area (Å²) in [5, 5.41) is 3.82. The SMILES string of the molecule is Nc1ccc2oc(-c3ccc(N=O)cc3)cc2c1. The lowest BCUT2D eigenvalue weighted by atomic mass is 10.1. The van der Waals surface area contributed by atoms with Crippen molar-refractivity contribution < 1.29 is 4.42 Å². The van der Waals surface area contributed by atoms with Crippen LogP contribution in [-0.4, -0.2) is 0 Å². The molecule has 0 aliphatic heterocycles. The summed E-state index contributed by atoms with van der Waals surface area (Å²) in [4.78, 5) is 10.3. The van der Waals surface area contributed by atoms with Crippen LogP contribution in [-0.2, 0) is 0 Å². The van der Waals surface area contributed by atoms with Gasteiger partial charge in [0.05, 0.1) is 0 Å². The normalized spacial score (nSPS) is 10.7. The zero-order valence-corrected chi connectivity index (χ0v) is 9.46.